The standard InChI is InChI=1S/C15H12FNO/c1-9-3-2-4-10-7-14(18-15(9)10)12-6-5-11(16)8-13(12)17/h2-8H,17H2,1H3. The number of furan rings is 1. The fourth-order valence-corrected chi connectivity index (χ4v) is 2.10. The SMILES string of the molecule is Cc1cccc2cc(-c3ccc(F)cc3N)oc12. The average molecular weight is 241 g/mol. The molecule has 0 radical (unpaired) electrons. The smallest absolute Gasteiger partial charge is 0.137 e. The third kappa shape index (κ3) is 1.64. The van der Waals surface area contributed by atoms with Crippen molar-refractivity contribution in [2.24, 2.45) is 0 Å². The molecule has 0 aliphatic heterocycles. The molecule has 2 aromatic carbocycles. The average Bonchev–Trinajstić information content (AvgIpc) is 2.74. The Balaban J connectivity index is 2.23. The summed E-state index contributed by atoms with van der Waals surface area (Å²) in [7, 11) is 0. The first-order chi connectivity index (χ1) is 8.65. The quantitative estimate of drug-likeness (QED) is 0.650. The zero-order chi connectivity index (χ0) is 12.7. The van der Waals surface area contributed by atoms with Crippen LogP contribution in [0.2, 0.25) is 0 Å². The maximum Gasteiger partial charge on any atom is 0.137 e. The largest absolute Gasteiger partial charge is 0.456 e. The van der Waals surface area contributed by atoms with Crippen molar-refractivity contribution in [3.63, 3.8) is 0 Å². The van der Waals surface area contributed by atoms with Crippen LogP contribution in [0.1, 0.15) is 5.56 Å². The molecule has 0 aliphatic rings. The molecule has 0 saturated carbocycles. The summed E-state index contributed by atoms with van der Waals surface area (Å²) in [5.41, 5.74) is 8.82. The molecule has 0 saturated heterocycles. The maximum atomic E-state index is 13.0. The number of nitrogen functional groups attached to an aromatic ring is 1. The maximum absolute atomic E-state index is 13.0. The summed E-state index contributed by atoms with van der Waals surface area (Å²) >= 11 is 0. The molecule has 1 aromatic heterocycles. The highest BCUT2D eigenvalue weighted by molar-refractivity contribution is 5.87. The highest BCUT2D eigenvalue weighted by Gasteiger charge is 2.10. The first-order valence-corrected chi connectivity index (χ1v) is 5.70. The van der Waals surface area contributed by atoms with Crippen molar-refractivity contribution in [3.05, 3.63) is 53.8 Å². The fraction of sp³-hybridized carbons (Fsp3) is 0.0667. The van der Waals surface area contributed by atoms with E-state index >= 15 is 0 Å². The number of fused-ring (bicyclic) bond motifs is 1. The monoisotopic (exact) mass is 241 g/mol. The van der Waals surface area contributed by atoms with E-state index in [1.165, 1.54) is 12.1 Å². The van der Waals surface area contributed by atoms with Crippen LogP contribution < -0.4 is 5.73 Å². The van der Waals surface area contributed by atoms with Crippen LogP contribution in [-0.2, 0) is 0 Å². The molecule has 90 valence electrons. The lowest BCUT2D eigenvalue weighted by atomic mass is 10.1. The summed E-state index contributed by atoms with van der Waals surface area (Å²) < 4.78 is 18.8. The van der Waals surface area contributed by atoms with Crippen LogP contribution in [0, 0.1) is 12.7 Å². The van der Waals surface area contributed by atoms with Crippen LogP contribution in [0.4, 0.5) is 10.1 Å². The summed E-state index contributed by atoms with van der Waals surface area (Å²) in [6.45, 7) is 1.99. The molecular weight excluding hydrogens is 229 g/mol. The van der Waals surface area contributed by atoms with E-state index in [1.54, 1.807) is 6.07 Å². The second-order valence-corrected chi connectivity index (χ2v) is 4.34. The zero-order valence-electron chi connectivity index (χ0n) is 9.91. The van der Waals surface area contributed by atoms with Crippen LogP contribution >= 0.6 is 0 Å². The Labute approximate surface area is 104 Å². The van der Waals surface area contributed by atoms with Gasteiger partial charge in [-0.1, -0.05) is 18.2 Å². The van der Waals surface area contributed by atoms with Gasteiger partial charge in [-0.05, 0) is 36.8 Å². The number of halogens is 1. The van der Waals surface area contributed by atoms with Crippen molar-refractivity contribution in [2.45, 2.75) is 6.92 Å². The molecule has 0 atom stereocenters. The number of nitrogens with two attached hydrogens (primary N) is 1. The molecule has 3 heteroatoms. The first-order valence-electron chi connectivity index (χ1n) is 5.70. The van der Waals surface area contributed by atoms with E-state index in [9.17, 15) is 4.39 Å². The van der Waals surface area contributed by atoms with Gasteiger partial charge in [0.15, 0.2) is 0 Å². The molecule has 0 fully saturated rings. The highest BCUT2D eigenvalue weighted by Crippen LogP contribution is 2.32. The number of aryl methyl sites for hydroxylation is 1. The van der Waals surface area contributed by atoms with Crippen LogP contribution in [-0.4, -0.2) is 0 Å². The minimum atomic E-state index is -0.344. The number of anilines is 1. The van der Waals surface area contributed by atoms with Crippen molar-refractivity contribution < 1.29 is 8.81 Å². The van der Waals surface area contributed by atoms with E-state index in [0.29, 0.717) is 17.0 Å². The summed E-state index contributed by atoms with van der Waals surface area (Å²) in [5.74, 6) is 0.320. The van der Waals surface area contributed by atoms with Gasteiger partial charge in [0.1, 0.15) is 17.2 Å². The van der Waals surface area contributed by atoms with Gasteiger partial charge in [-0.2, -0.15) is 0 Å². The summed E-state index contributed by atoms with van der Waals surface area (Å²) in [6, 6.07) is 12.2. The molecule has 3 rings (SSSR count). The van der Waals surface area contributed by atoms with E-state index in [-0.39, 0.29) is 5.82 Å². The molecular formula is C15H12FNO. The molecule has 18 heavy (non-hydrogen) atoms. The Morgan fingerprint density at radius 2 is 1.94 bits per heavy atom. The summed E-state index contributed by atoms with van der Waals surface area (Å²) in [5, 5.41) is 1.02. The van der Waals surface area contributed by atoms with Gasteiger partial charge in [-0.3, -0.25) is 0 Å². The van der Waals surface area contributed by atoms with Crippen molar-refractivity contribution in [2.75, 3.05) is 5.73 Å². The normalized spacial score (nSPS) is 11.0. The number of para-hydroxylation sites is 1. The Bertz CT molecular complexity index is 730. The third-order valence-corrected chi connectivity index (χ3v) is 3.02. The van der Waals surface area contributed by atoms with Crippen molar-refractivity contribution in [1.29, 1.82) is 0 Å². The second kappa shape index (κ2) is 3.88. The molecule has 2 N–H and O–H groups in total. The zero-order valence-corrected chi connectivity index (χ0v) is 9.91. The Morgan fingerprint density at radius 3 is 2.67 bits per heavy atom. The van der Waals surface area contributed by atoms with Gasteiger partial charge in [-0.25, -0.2) is 4.39 Å². The van der Waals surface area contributed by atoms with Crippen molar-refractivity contribution in [3.8, 4) is 11.3 Å². The second-order valence-electron chi connectivity index (χ2n) is 4.34. The molecule has 3 aromatic rings. The van der Waals surface area contributed by atoms with Crippen LogP contribution in [0.3, 0.4) is 0 Å². The lowest BCUT2D eigenvalue weighted by molar-refractivity contribution is 0.623. The van der Waals surface area contributed by atoms with Gasteiger partial charge in [0.2, 0.25) is 0 Å². The molecule has 0 amide bonds. The van der Waals surface area contributed by atoms with E-state index in [1.807, 2.05) is 31.2 Å². The number of hydrogen-bond acceptors (Lipinski definition) is 2. The topological polar surface area (TPSA) is 39.2 Å². The van der Waals surface area contributed by atoms with Gasteiger partial charge in [0.05, 0.1) is 0 Å². The molecule has 0 unspecified atom stereocenters. The van der Waals surface area contributed by atoms with Gasteiger partial charge >= 0.3 is 0 Å². The Morgan fingerprint density at radius 1 is 1.11 bits per heavy atom. The van der Waals surface area contributed by atoms with E-state index < -0.39 is 0 Å². The molecule has 0 spiro atoms. The Hall–Kier alpha value is -2.29. The van der Waals surface area contributed by atoms with Gasteiger partial charge in [0, 0.05) is 16.6 Å². The van der Waals surface area contributed by atoms with Gasteiger partial charge in [-0.15, -0.1) is 0 Å². The summed E-state index contributed by atoms with van der Waals surface area (Å²) in [4.78, 5) is 0. The first kappa shape index (κ1) is 10.8. The van der Waals surface area contributed by atoms with E-state index in [0.717, 1.165) is 16.5 Å². The van der Waals surface area contributed by atoms with E-state index in [2.05, 4.69) is 0 Å². The van der Waals surface area contributed by atoms with Crippen LogP contribution in [0.15, 0.2) is 46.9 Å². The van der Waals surface area contributed by atoms with Crippen molar-refractivity contribution in [1.82, 2.24) is 0 Å². The predicted molar refractivity (Wildman–Crippen MR) is 70.8 cm³/mol. The van der Waals surface area contributed by atoms with Gasteiger partial charge < -0.3 is 10.2 Å². The molecule has 1 heterocycles. The fourth-order valence-electron chi connectivity index (χ4n) is 2.10. The lowest BCUT2D eigenvalue weighted by Gasteiger charge is -2.01. The predicted octanol–water partition coefficient (Wildman–Crippen LogP) is 4.13. The number of hydrogen-bond donors (Lipinski definition) is 1. The lowest BCUT2D eigenvalue weighted by Crippen LogP contribution is -1.89. The Kier molecular flexibility index (Phi) is 2.33. The van der Waals surface area contributed by atoms with Crippen molar-refractivity contribution >= 4 is 16.7 Å². The third-order valence-electron chi connectivity index (χ3n) is 3.02. The minimum absolute atomic E-state index is 0.344. The minimum Gasteiger partial charge on any atom is -0.456 e. The van der Waals surface area contributed by atoms with Crippen LogP contribution in [0.25, 0.3) is 22.3 Å². The number of rotatable bonds is 1. The molecule has 0 bridgehead atoms. The molecule has 2 nitrogen and oxygen atoms in total. The molecule has 0 aliphatic carbocycles. The van der Waals surface area contributed by atoms with E-state index in [4.69, 9.17) is 10.2 Å². The highest BCUT2D eigenvalue weighted by atomic mass is 19.1. The number of benzene rings is 2. The van der Waals surface area contributed by atoms with Crippen LogP contribution in [0.5, 0.6) is 0 Å². The van der Waals surface area contributed by atoms with Gasteiger partial charge in [0.25, 0.3) is 0 Å². The summed E-state index contributed by atoms with van der Waals surface area (Å²) in [6.07, 6.45) is 0.